The van der Waals surface area contributed by atoms with Crippen molar-refractivity contribution in [3.05, 3.63) is 58.9 Å². The molecule has 0 spiro atoms. The lowest BCUT2D eigenvalue weighted by Crippen LogP contribution is -2.29. The molecule has 4 rings (SSSR count). The summed E-state index contributed by atoms with van der Waals surface area (Å²) in [5, 5.41) is 2.77. The van der Waals surface area contributed by atoms with Crippen LogP contribution in [-0.4, -0.2) is 45.1 Å². The van der Waals surface area contributed by atoms with Gasteiger partial charge in [0.1, 0.15) is 11.6 Å². The summed E-state index contributed by atoms with van der Waals surface area (Å²) in [5.41, 5.74) is 1.56. The van der Waals surface area contributed by atoms with E-state index in [0.29, 0.717) is 36.4 Å². The third kappa shape index (κ3) is 4.33. The molecule has 1 amide bonds. The van der Waals surface area contributed by atoms with Gasteiger partial charge in [-0.3, -0.25) is 4.79 Å². The van der Waals surface area contributed by atoms with Gasteiger partial charge in [0.15, 0.2) is 6.79 Å². The zero-order valence-electron chi connectivity index (χ0n) is 16.4. The number of nitrogens with zero attached hydrogens (tertiary/aromatic N) is 1. The number of hydrogen-bond donors (Lipinski definition) is 1. The number of rotatable bonds is 6. The Bertz CT molecular complexity index is 1050. The van der Waals surface area contributed by atoms with E-state index in [-0.39, 0.29) is 42.1 Å². The highest BCUT2D eigenvalue weighted by Crippen LogP contribution is 2.29. The second kappa shape index (κ2) is 8.71. The van der Waals surface area contributed by atoms with E-state index in [0.717, 1.165) is 12.8 Å². The fourth-order valence-electron chi connectivity index (χ4n) is 3.73. The normalized spacial score (nSPS) is 16.7. The SMILES string of the molecule is O=C(NCCc1cc(F)cc2c1OCOC2)c1cccc(S(=O)(=O)N2CCCC2)c1. The van der Waals surface area contributed by atoms with Gasteiger partial charge in [-0.2, -0.15) is 4.31 Å². The van der Waals surface area contributed by atoms with Crippen LogP contribution in [0, 0.1) is 5.82 Å². The number of ether oxygens (including phenoxy) is 2. The predicted molar refractivity (Wildman–Crippen MR) is 107 cm³/mol. The molecule has 1 fully saturated rings. The summed E-state index contributed by atoms with van der Waals surface area (Å²) in [4.78, 5) is 12.7. The molecule has 7 nitrogen and oxygen atoms in total. The van der Waals surface area contributed by atoms with Gasteiger partial charge in [-0.15, -0.1) is 0 Å². The first-order valence-electron chi connectivity index (χ1n) is 9.85. The number of benzene rings is 2. The summed E-state index contributed by atoms with van der Waals surface area (Å²) in [7, 11) is -3.59. The standard InChI is InChI=1S/C21H23FN2O5S/c22-18-10-15(20-17(11-18)13-28-14-29-20)6-7-23-21(25)16-4-3-5-19(12-16)30(26,27)24-8-1-2-9-24/h3-5,10-12H,1-2,6-9,13-14H2,(H,23,25). The van der Waals surface area contributed by atoms with E-state index in [1.165, 1.54) is 28.6 Å². The van der Waals surface area contributed by atoms with Crippen molar-refractivity contribution in [2.24, 2.45) is 0 Å². The lowest BCUT2D eigenvalue weighted by Gasteiger charge is -2.21. The maximum absolute atomic E-state index is 13.8. The molecule has 160 valence electrons. The molecule has 0 atom stereocenters. The van der Waals surface area contributed by atoms with Crippen LogP contribution in [0.25, 0.3) is 0 Å². The molecule has 0 unspecified atom stereocenters. The maximum atomic E-state index is 13.8. The minimum absolute atomic E-state index is 0.107. The quantitative estimate of drug-likeness (QED) is 0.755. The summed E-state index contributed by atoms with van der Waals surface area (Å²) in [6.45, 7) is 1.65. The van der Waals surface area contributed by atoms with Crippen LogP contribution < -0.4 is 10.1 Å². The van der Waals surface area contributed by atoms with Crippen molar-refractivity contribution in [3.8, 4) is 5.75 Å². The summed E-state index contributed by atoms with van der Waals surface area (Å²) in [5.74, 6) is -0.178. The number of carbonyl (C=O) groups excluding carboxylic acids is 1. The van der Waals surface area contributed by atoms with E-state index in [1.807, 2.05) is 0 Å². The summed E-state index contributed by atoms with van der Waals surface area (Å²) < 4.78 is 51.4. The molecule has 2 aromatic rings. The van der Waals surface area contributed by atoms with Gasteiger partial charge in [0.05, 0.1) is 11.5 Å². The van der Waals surface area contributed by atoms with Gasteiger partial charge in [-0.1, -0.05) is 6.07 Å². The average molecular weight is 434 g/mol. The van der Waals surface area contributed by atoms with Gasteiger partial charge >= 0.3 is 0 Å². The van der Waals surface area contributed by atoms with Crippen LogP contribution >= 0.6 is 0 Å². The van der Waals surface area contributed by atoms with Crippen molar-refractivity contribution in [1.82, 2.24) is 9.62 Å². The number of amides is 1. The largest absolute Gasteiger partial charge is 0.467 e. The summed E-state index contributed by atoms with van der Waals surface area (Å²) in [6.07, 6.45) is 2.07. The molecule has 2 aromatic carbocycles. The predicted octanol–water partition coefficient (Wildman–Crippen LogP) is 2.45. The number of hydrogen-bond acceptors (Lipinski definition) is 5. The molecule has 9 heteroatoms. The number of halogens is 1. The zero-order chi connectivity index (χ0) is 21.1. The Morgan fingerprint density at radius 1 is 1.17 bits per heavy atom. The molecule has 2 heterocycles. The van der Waals surface area contributed by atoms with E-state index in [2.05, 4.69) is 5.32 Å². The lowest BCUT2D eigenvalue weighted by atomic mass is 10.1. The van der Waals surface area contributed by atoms with Crippen LogP contribution in [-0.2, 0) is 27.8 Å². The number of fused-ring (bicyclic) bond motifs is 1. The first kappa shape index (κ1) is 20.8. The Hall–Kier alpha value is -2.49. The van der Waals surface area contributed by atoms with Crippen molar-refractivity contribution in [2.45, 2.75) is 30.8 Å². The number of sulfonamides is 1. The Morgan fingerprint density at radius 3 is 2.77 bits per heavy atom. The van der Waals surface area contributed by atoms with Crippen LogP contribution in [0.2, 0.25) is 0 Å². The first-order valence-corrected chi connectivity index (χ1v) is 11.3. The minimum atomic E-state index is -3.59. The molecule has 0 aromatic heterocycles. The van der Waals surface area contributed by atoms with Crippen molar-refractivity contribution in [1.29, 1.82) is 0 Å². The van der Waals surface area contributed by atoms with Gasteiger partial charge in [-0.05, 0) is 55.2 Å². The van der Waals surface area contributed by atoms with Crippen molar-refractivity contribution in [2.75, 3.05) is 26.4 Å². The molecule has 0 aliphatic carbocycles. The summed E-state index contributed by atoms with van der Waals surface area (Å²) >= 11 is 0. The Labute approximate surface area is 174 Å². The molecule has 0 saturated carbocycles. The minimum Gasteiger partial charge on any atom is -0.467 e. The Morgan fingerprint density at radius 2 is 1.97 bits per heavy atom. The van der Waals surface area contributed by atoms with Gasteiger partial charge in [0.25, 0.3) is 5.91 Å². The number of carbonyl (C=O) groups is 1. The maximum Gasteiger partial charge on any atom is 0.251 e. The van der Waals surface area contributed by atoms with Gasteiger partial charge < -0.3 is 14.8 Å². The third-order valence-corrected chi connectivity index (χ3v) is 7.13. The van der Waals surface area contributed by atoms with Crippen molar-refractivity contribution < 1.29 is 27.1 Å². The fraction of sp³-hybridized carbons (Fsp3) is 0.381. The Kier molecular flexibility index (Phi) is 6.03. The molecule has 2 aliphatic rings. The molecule has 30 heavy (non-hydrogen) atoms. The first-order chi connectivity index (χ1) is 14.4. The highest BCUT2D eigenvalue weighted by atomic mass is 32.2. The fourth-order valence-corrected chi connectivity index (χ4v) is 5.29. The van der Waals surface area contributed by atoms with Crippen molar-refractivity contribution >= 4 is 15.9 Å². The van der Waals surface area contributed by atoms with Crippen LogP contribution in [0.5, 0.6) is 5.75 Å². The van der Waals surface area contributed by atoms with Crippen LogP contribution in [0.4, 0.5) is 4.39 Å². The van der Waals surface area contributed by atoms with Gasteiger partial charge in [0.2, 0.25) is 10.0 Å². The van der Waals surface area contributed by atoms with E-state index >= 15 is 0 Å². The van der Waals surface area contributed by atoms with E-state index in [4.69, 9.17) is 9.47 Å². The van der Waals surface area contributed by atoms with E-state index in [1.54, 1.807) is 12.1 Å². The molecular formula is C21H23FN2O5S. The highest BCUT2D eigenvalue weighted by molar-refractivity contribution is 7.89. The summed E-state index contributed by atoms with van der Waals surface area (Å²) in [6, 6.07) is 8.80. The molecule has 0 radical (unpaired) electrons. The van der Waals surface area contributed by atoms with E-state index < -0.39 is 10.0 Å². The second-order valence-corrected chi connectivity index (χ2v) is 9.25. The van der Waals surface area contributed by atoms with E-state index in [9.17, 15) is 17.6 Å². The number of nitrogens with one attached hydrogen (secondary N) is 1. The topological polar surface area (TPSA) is 84.9 Å². The van der Waals surface area contributed by atoms with Crippen LogP contribution in [0.1, 0.15) is 34.3 Å². The smallest absolute Gasteiger partial charge is 0.251 e. The molecule has 0 bridgehead atoms. The molecule has 1 saturated heterocycles. The van der Waals surface area contributed by atoms with Crippen molar-refractivity contribution in [3.63, 3.8) is 0 Å². The zero-order valence-corrected chi connectivity index (χ0v) is 17.2. The van der Waals surface area contributed by atoms with Gasteiger partial charge in [0, 0.05) is 30.8 Å². The average Bonchev–Trinajstić information content (AvgIpc) is 3.29. The van der Waals surface area contributed by atoms with Gasteiger partial charge in [-0.25, -0.2) is 12.8 Å². The Balaban J connectivity index is 1.42. The molecular weight excluding hydrogens is 411 g/mol. The second-order valence-electron chi connectivity index (χ2n) is 7.31. The lowest BCUT2D eigenvalue weighted by molar-refractivity contribution is -0.0172. The molecule has 1 N–H and O–H groups in total. The van der Waals surface area contributed by atoms with Crippen LogP contribution in [0.15, 0.2) is 41.3 Å². The van der Waals surface area contributed by atoms with Crippen LogP contribution in [0.3, 0.4) is 0 Å². The molecule has 2 aliphatic heterocycles. The third-order valence-electron chi connectivity index (χ3n) is 5.23. The highest BCUT2D eigenvalue weighted by Gasteiger charge is 2.27. The monoisotopic (exact) mass is 434 g/mol.